The van der Waals surface area contributed by atoms with Gasteiger partial charge in [0.15, 0.2) is 12.6 Å². The van der Waals surface area contributed by atoms with Gasteiger partial charge in [0.1, 0.15) is 5.75 Å². The second kappa shape index (κ2) is 10.7. The Bertz CT molecular complexity index is 828. The summed E-state index contributed by atoms with van der Waals surface area (Å²) in [6.07, 6.45) is 5.85. The minimum absolute atomic E-state index is 0.104. The lowest BCUT2D eigenvalue weighted by molar-refractivity contribution is -0.119. The number of nitrogens with one attached hydrogen (secondary N) is 2. The van der Waals surface area contributed by atoms with Crippen LogP contribution in [-0.2, 0) is 16.6 Å². The maximum Gasteiger partial charge on any atom is 0.255 e. The lowest BCUT2D eigenvalue weighted by Gasteiger charge is -2.30. The van der Waals surface area contributed by atoms with Crippen molar-refractivity contribution in [2.45, 2.75) is 37.5 Å². The van der Waals surface area contributed by atoms with Gasteiger partial charge < -0.3 is 21.1 Å². The molecule has 4 N–H and O–H groups in total. The predicted molar refractivity (Wildman–Crippen MR) is 121 cm³/mol. The minimum atomic E-state index is -0.478. The Hall–Kier alpha value is -3.02. The Labute approximate surface area is 178 Å². The maximum absolute atomic E-state index is 10.8. The van der Waals surface area contributed by atoms with Crippen molar-refractivity contribution in [3.63, 3.8) is 0 Å². The SMILES string of the molecule is CN=C(NCCc1ccc(OCC(N)=O)cc1)NCC1(c2ccccc2)CCCC1. The highest BCUT2D eigenvalue weighted by atomic mass is 16.5. The van der Waals surface area contributed by atoms with Crippen LogP contribution in [0.1, 0.15) is 36.8 Å². The third-order valence-electron chi connectivity index (χ3n) is 5.78. The molecule has 160 valence electrons. The molecule has 0 bridgehead atoms. The molecule has 1 aliphatic rings. The number of nitrogens with zero attached hydrogens (tertiary/aromatic N) is 1. The van der Waals surface area contributed by atoms with E-state index in [4.69, 9.17) is 10.5 Å². The van der Waals surface area contributed by atoms with Gasteiger partial charge in [0.2, 0.25) is 0 Å². The number of carbonyl (C=O) groups is 1. The zero-order valence-corrected chi connectivity index (χ0v) is 17.7. The van der Waals surface area contributed by atoms with Crippen molar-refractivity contribution < 1.29 is 9.53 Å². The maximum atomic E-state index is 10.8. The topological polar surface area (TPSA) is 88.7 Å². The molecule has 6 heteroatoms. The van der Waals surface area contributed by atoms with Crippen LogP contribution in [0.25, 0.3) is 0 Å². The largest absolute Gasteiger partial charge is 0.484 e. The van der Waals surface area contributed by atoms with Crippen LogP contribution in [-0.4, -0.2) is 38.6 Å². The van der Waals surface area contributed by atoms with E-state index in [9.17, 15) is 4.79 Å². The number of aliphatic imine (C=N–C) groups is 1. The summed E-state index contributed by atoms with van der Waals surface area (Å²) < 4.78 is 5.29. The van der Waals surface area contributed by atoms with Crippen molar-refractivity contribution in [3.05, 3.63) is 65.7 Å². The van der Waals surface area contributed by atoms with Crippen molar-refractivity contribution in [1.82, 2.24) is 10.6 Å². The summed E-state index contributed by atoms with van der Waals surface area (Å²) in [5, 5.41) is 6.96. The molecule has 2 aromatic carbocycles. The van der Waals surface area contributed by atoms with Gasteiger partial charge in [-0.3, -0.25) is 9.79 Å². The van der Waals surface area contributed by atoms with Gasteiger partial charge in [-0.2, -0.15) is 0 Å². The van der Waals surface area contributed by atoms with Crippen molar-refractivity contribution in [3.8, 4) is 5.75 Å². The number of hydrogen-bond acceptors (Lipinski definition) is 3. The third kappa shape index (κ3) is 5.99. The first-order valence-corrected chi connectivity index (χ1v) is 10.6. The highest BCUT2D eigenvalue weighted by Crippen LogP contribution is 2.40. The molecule has 0 radical (unpaired) electrons. The fraction of sp³-hybridized carbons (Fsp3) is 0.417. The number of nitrogens with two attached hydrogens (primary N) is 1. The number of rotatable bonds is 9. The number of ether oxygens (including phenoxy) is 1. The van der Waals surface area contributed by atoms with Crippen LogP contribution >= 0.6 is 0 Å². The van der Waals surface area contributed by atoms with Crippen LogP contribution in [0.3, 0.4) is 0 Å². The Balaban J connectivity index is 1.47. The van der Waals surface area contributed by atoms with Gasteiger partial charge in [0, 0.05) is 25.6 Å². The lowest BCUT2D eigenvalue weighted by atomic mass is 9.79. The number of amides is 1. The van der Waals surface area contributed by atoms with Gasteiger partial charge in [0.05, 0.1) is 0 Å². The van der Waals surface area contributed by atoms with Gasteiger partial charge in [0.25, 0.3) is 5.91 Å². The second-order valence-electron chi connectivity index (χ2n) is 7.85. The van der Waals surface area contributed by atoms with E-state index in [1.165, 1.54) is 36.8 Å². The van der Waals surface area contributed by atoms with Gasteiger partial charge >= 0.3 is 0 Å². The Morgan fingerprint density at radius 1 is 1.07 bits per heavy atom. The molecule has 3 rings (SSSR count). The van der Waals surface area contributed by atoms with E-state index >= 15 is 0 Å². The van der Waals surface area contributed by atoms with E-state index < -0.39 is 5.91 Å². The van der Waals surface area contributed by atoms with Crippen LogP contribution in [0.4, 0.5) is 0 Å². The summed E-state index contributed by atoms with van der Waals surface area (Å²) in [7, 11) is 1.81. The molecule has 0 saturated heterocycles. The lowest BCUT2D eigenvalue weighted by Crippen LogP contribution is -2.45. The molecule has 0 atom stereocenters. The van der Waals surface area contributed by atoms with E-state index in [0.717, 1.165) is 25.5 Å². The Kier molecular flexibility index (Phi) is 7.71. The summed E-state index contributed by atoms with van der Waals surface area (Å²) in [5.41, 5.74) is 7.89. The number of guanidine groups is 1. The van der Waals surface area contributed by atoms with Crippen LogP contribution in [0, 0.1) is 0 Å². The highest BCUT2D eigenvalue weighted by molar-refractivity contribution is 5.79. The molecule has 1 saturated carbocycles. The van der Waals surface area contributed by atoms with E-state index in [2.05, 4.69) is 46.0 Å². The van der Waals surface area contributed by atoms with Crippen LogP contribution in [0.5, 0.6) is 5.75 Å². The molecule has 6 nitrogen and oxygen atoms in total. The quantitative estimate of drug-likeness (QED) is 0.440. The molecule has 1 fully saturated rings. The summed E-state index contributed by atoms with van der Waals surface area (Å²) >= 11 is 0. The zero-order chi connectivity index (χ0) is 21.2. The molecular weight excluding hydrogens is 376 g/mol. The van der Waals surface area contributed by atoms with Gasteiger partial charge in [-0.1, -0.05) is 55.3 Å². The number of hydrogen-bond donors (Lipinski definition) is 3. The molecule has 0 spiro atoms. The first-order valence-electron chi connectivity index (χ1n) is 10.6. The first-order chi connectivity index (χ1) is 14.6. The van der Waals surface area contributed by atoms with E-state index in [1.54, 1.807) is 0 Å². The average Bonchev–Trinajstić information content (AvgIpc) is 3.26. The van der Waals surface area contributed by atoms with Crippen LogP contribution in [0.15, 0.2) is 59.6 Å². The number of carbonyl (C=O) groups excluding carboxylic acids is 1. The zero-order valence-electron chi connectivity index (χ0n) is 17.7. The summed E-state index contributed by atoms with van der Waals surface area (Å²) in [4.78, 5) is 15.2. The van der Waals surface area contributed by atoms with Crippen LogP contribution in [0.2, 0.25) is 0 Å². The second-order valence-corrected chi connectivity index (χ2v) is 7.85. The summed E-state index contributed by atoms with van der Waals surface area (Å²) in [5.74, 6) is 0.998. The minimum Gasteiger partial charge on any atom is -0.484 e. The highest BCUT2D eigenvalue weighted by Gasteiger charge is 2.35. The molecular formula is C24H32N4O2. The van der Waals surface area contributed by atoms with E-state index in [-0.39, 0.29) is 12.0 Å². The first kappa shape index (κ1) is 21.7. The Morgan fingerprint density at radius 2 is 1.77 bits per heavy atom. The molecule has 0 aliphatic heterocycles. The molecule has 0 aromatic heterocycles. The molecule has 1 amide bonds. The molecule has 1 aliphatic carbocycles. The third-order valence-corrected chi connectivity index (χ3v) is 5.78. The van der Waals surface area contributed by atoms with Crippen molar-refractivity contribution in [2.75, 3.05) is 26.7 Å². The smallest absolute Gasteiger partial charge is 0.255 e. The fourth-order valence-corrected chi connectivity index (χ4v) is 4.12. The summed E-state index contributed by atoms with van der Waals surface area (Å²) in [6.45, 7) is 1.56. The van der Waals surface area contributed by atoms with Gasteiger partial charge in [-0.25, -0.2) is 0 Å². The molecule has 2 aromatic rings. The van der Waals surface area contributed by atoms with Crippen molar-refractivity contribution in [2.24, 2.45) is 10.7 Å². The molecule has 0 heterocycles. The number of primary amides is 1. The van der Waals surface area contributed by atoms with Crippen molar-refractivity contribution >= 4 is 11.9 Å². The number of benzene rings is 2. The van der Waals surface area contributed by atoms with Crippen LogP contribution < -0.4 is 21.1 Å². The average molecular weight is 409 g/mol. The normalized spacial score (nSPS) is 15.6. The van der Waals surface area contributed by atoms with E-state index in [1.807, 2.05) is 31.3 Å². The van der Waals surface area contributed by atoms with Gasteiger partial charge in [-0.05, 0) is 42.5 Å². The molecule has 0 unspecified atom stereocenters. The summed E-state index contributed by atoms with van der Waals surface area (Å²) in [6, 6.07) is 18.5. The van der Waals surface area contributed by atoms with E-state index in [0.29, 0.717) is 5.75 Å². The monoisotopic (exact) mass is 408 g/mol. The standard InChI is InChI=1S/C24H32N4O2/c1-26-23(27-16-13-19-9-11-21(12-10-19)30-17-22(25)29)28-18-24(14-5-6-15-24)20-7-3-2-4-8-20/h2-4,7-12H,5-6,13-18H2,1H3,(H2,25,29)(H2,26,27,28). The molecule has 30 heavy (non-hydrogen) atoms. The fourth-order valence-electron chi connectivity index (χ4n) is 4.12. The predicted octanol–water partition coefficient (Wildman–Crippen LogP) is 2.77. The van der Waals surface area contributed by atoms with Gasteiger partial charge in [-0.15, -0.1) is 0 Å². The van der Waals surface area contributed by atoms with Crippen molar-refractivity contribution in [1.29, 1.82) is 0 Å². The Morgan fingerprint density at radius 3 is 2.40 bits per heavy atom.